The number of aromatic nitrogens is 4. The predicted octanol–water partition coefficient (Wildman–Crippen LogP) is -1.49. The Morgan fingerprint density at radius 2 is 2.00 bits per heavy atom. The first-order chi connectivity index (χ1) is 10.1. The fraction of sp³-hybridized carbons (Fsp3) is 0.545. The van der Waals surface area contributed by atoms with Gasteiger partial charge in [0.25, 0.3) is 0 Å². The van der Waals surface area contributed by atoms with Crippen molar-refractivity contribution >= 4 is 26.2 Å². The van der Waals surface area contributed by atoms with Crippen LogP contribution >= 0.6 is 9.24 Å². The molecule has 1 saturated heterocycles. The van der Waals surface area contributed by atoms with Crippen molar-refractivity contribution < 1.29 is 20.1 Å². The first-order valence-electron chi connectivity index (χ1n) is 6.26. The number of nitrogens with zero attached hydrogens (tertiary/aromatic N) is 4. The van der Waals surface area contributed by atoms with Crippen LogP contribution in [0.1, 0.15) is 6.23 Å². The molecule has 0 amide bonds. The average molecular weight is 315 g/mol. The van der Waals surface area contributed by atoms with Crippen molar-refractivity contribution in [2.45, 2.75) is 24.5 Å². The predicted molar refractivity (Wildman–Crippen MR) is 78.4 cm³/mol. The zero-order valence-electron chi connectivity index (χ0n) is 11.4. The fourth-order valence-electron chi connectivity index (χ4n) is 2.17. The number of fused-ring (bicyclic) bond motifs is 1. The number of nitrogen functional groups attached to an aromatic ring is 1. The minimum Gasteiger partial charge on any atom is -0.394 e. The van der Waals surface area contributed by atoms with E-state index in [2.05, 4.69) is 24.2 Å². The molecule has 3 heterocycles. The topological polar surface area (TPSA) is 140 Å². The molecule has 5 atom stereocenters. The van der Waals surface area contributed by atoms with Gasteiger partial charge in [-0.15, -0.1) is 9.24 Å². The van der Waals surface area contributed by atoms with Crippen molar-refractivity contribution in [1.29, 1.82) is 0 Å². The van der Waals surface area contributed by atoms with E-state index in [4.69, 9.17) is 15.6 Å². The summed E-state index contributed by atoms with van der Waals surface area (Å²) in [6, 6.07) is 0. The van der Waals surface area contributed by atoms with E-state index in [1.165, 1.54) is 17.2 Å². The number of ether oxygens (including phenoxy) is 1. The van der Waals surface area contributed by atoms with E-state index in [0.29, 0.717) is 11.2 Å². The number of rotatable bonds is 2. The smallest absolute Gasteiger partial charge is 0.167 e. The van der Waals surface area contributed by atoms with Gasteiger partial charge in [0.15, 0.2) is 17.7 Å². The van der Waals surface area contributed by atoms with Crippen LogP contribution in [0.4, 0.5) is 5.82 Å². The van der Waals surface area contributed by atoms with Gasteiger partial charge < -0.3 is 25.8 Å². The molecule has 10 heteroatoms. The lowest BCUT2D eigenvalue weighted by Gasteiger charge is -2.16. The third-order valence-electron chi connectivity index (χ3n) is 3.18. The molecular weight excluding hydrogens is 297 g/mol. The van der Waals surface area contributed by atoms with Crippen molar-refractivity contribution in [2.24, 2.45) is 0 Å². The van der Waals surface area contributed by atoms with E-state index < -0.39 is 31.1 Å². The van der Waals surface area contributed by atoms with Crippen molar-refractivity contribution in [3.63, 3.8) is 0 Å². The largest absolute Gasteiger partial charge is 0.394 e. The lowest BCUT2D eigenvalue weighted by molar-refractivity contribution is -0.0511. The molecule has 1 aliphatic heterocycles. The Kier molecular flexibility index (Phi) is 5.02. The number of aliphatic hydroxyl groups is 3. The van der Waals surface area contributed by atoms with Crippen LogP contribution in [-0.4, -0.2) is 66.4 Å². The number of hydrogen-bond acceptors (Lipinski definition) is 8. The van der Waals surface area contributed by atoms with Gasteiger partial charge in [0.05, 0.1) is 12.9 Å². The van der Waals surface area contributed by atoms with E-state index in [9.17, 15) is 10.2 Å². The van der Waals surface area contributed by atoms with Crippen molar-refractivity contribution in [1.82, 2.24) is 19.5 Å². The van der Waals surface area contributed by atoms with Gasteiger partial charge in [0.1, 0.15) is 30.2 Å². The monoisotopic (exact) mass is 315 g/mol. The lowest BCUT2D eigenvalue weighted by atomic mass is 10.1. The molecule has 5 N–H and O–H groups in total. The van der Waals surface area contributed by atoms with Gasteiger partial charge in [-0.25, -0.2) is 15.0 Å². The highest BCUT2D eigenvalue weighted by atomic mass is 31.0. The van der Waals surface area contributed by atoms with Crippen LogP contribution in [0.3, 0.4) is 0 Å². The molecule has 0 aromatic carbocycles. The second kappa shape index (κ2) is 6.59. The van der Waals surface area contributed by atoms with Crippen LogP contribution in [-0.2, 0) is 4.74 Å². The maximum atomic E-state index is 9.95. The molecule has 9 nitrogen and oxygen atoms in total. The maximum absolute atomic E-state index is 9.95. The minimum atomic E-state index is -1.19. The fourth-order valence-corrected chi connectivity index (χ4v) is 2.17. The van der Waals surface area contributed by atoms with Gasteiger partial charge in [0, 0.05) is 0 Å². The molecule has 1 fully saturated rings. The molecule has 0 aliphatic carbocycles. The Morgan fingerprint density at radius 3 is 2.62 bits per heavy atom. The van der Waals surface area contributed by atoms with Crippen LogP contribution in [0.15, 0.2) is 12.7 Å². The summed E-state index contributed by atoms with van der Waals surface area (Å²) in [5.74, 6) is 0.218. The van der Waals surface area contributed by atoms with Crippen molar-refractivity contribution in [3.8, 4) is 0 Å². The molecule has 0 spiro atoms. The number of imidazole rings is 1. The molecule has 1 unspecified atom stereocenters. The van der Waals surface area contributed by atoms with E-state index in [0.717, 1.165) is 0 Å². The first kappa shape index (κ1) is 16.0. The number of aliphatic hydroxyl groups excluding tert-OH is 3. The molecule has 0 bridgehead atoms. The van der Waals surface area contributed by atoms with Crippen molar-refractivity contribution in [2.75, 3.05) is 19.0 Å². The summed E-state index contributed by atoms with van der Waals surface area (Å²) in [5, 5.41) is 28.7. The van der Waals surface area contributed by atoms with Gasteiger partial charge in [-0.05, 0) is 0 Å². The standard InChI is InChI=1S/C10H13N5O4.CH5P/c11-8-5-9(13-2-12-8)15(3-14-5)10-7(18)6(17)4(1-16)19-10;1-2/h2-4,6-7,10,16-18H,1H2,(H2,11,12,13);2H2,1H3/t4-,6-,7-,10-;/m1./s1. The second-order valence-corrected chi connectivity index (χ2v) is 4.31. The summed E-state index contributed by atoms with van der Waals surface area (Å²) >= 11 is 0. The van der Waals surface area contributed by atoms with Gasteiger partial charge in [-0.2, -0.15) is 0 Å². The normalized spacial score (nSPS) is 28.4. The third-order valence-corrected chi connectivity index (χ3v) is 3.18. The first-order valence-corrected chi connectivity index (χ1v) is 7.42. The molecular formula is C11H18N5O4P. The van der Waals surface area contributed by atoms with E-state index >= 15 is 0 Å². The molecule has 0 radical (unpaired) electrons. The molecule has 3 rings (SSSR count). The van der Waals surface area contributed by atoms with Gasteiger partial charge >= 0.3 is 0 Å². The van der Waals surface area contributed by atoms with E-state index in [1.54, 1.807) is 0 Å². The Labute approximate surface area is 123 Å². The summed E-state index contributed by atoms with van der Waals surface area (Å²) in [6.07, 6.45) is -1.42. The molecule has 1 aliphatic rings. The molecule has 21 heavy (non-hydrogen) atoms. The van der Waals surface area contributed by atoms with Crippen LogP contribution in [0.2, 0.25) is 0 Å². The summed E-state index contributed by atoms with van der Waals surface area (Å²) in [4.78, 5) is 11.9. The van der Waals surface area contributed by atoms with Crippen LogP contribution in [0.25, 0.3) is 11.2 Å². The second-order valence-electron chi connectivity index (χ2n) is 4.31. The van der Waals surface area contributed by atoms with E-state index in [1.807, 2.05) is 6.66 Å². The molecule has 2 aromatic heterocycles. The van der Waals surface area contributed by atoms with Crippen LogP contribution in [0, 0.1) is 0 Å². The molecule has 2 aromatic rings. The third kappa shape index (κ3) is 2.70. The quantitative estimate of drug-likeness (QED) is 0.492. The zero-order chi connectivity index (χ0) is 15.6. The SMILES string of the molecule is CP.Nc1ncnc2c1ncn2[C@@H]1O[C@H](CO)[C@@H](O)[C@H]1O. The van der Waals surface area contributed by atoms with Crippen LogP contribution < -0.4 is 5.73 Å². The summed E-state index contributed by atoms with van der Waals surface area (Å²) in [7, 11) is 2.42. The molecule has 116 valence electrons. The van der Waals surface area contributed by atoms with E-state index in [-0.39, 0.29) is 5.82 Å². The highest BCUT2D eigenvalue weighted by molar-refractivity contribution is 7.15. The number of hydrogen-bond donors (Lipinski definition) is 4. The van der Waals surface area contributed by atoms with Crippen molar-refractivity contribution in [3.05, 3.63) is 12.7 Å². The lowest BCUT2D eigenvalue weighted by Crippen LogP contribution is -2.33. The number of anilines is 1. The van der Waals surface area contributed by atoms with Crippen LogP contribution in [0.5, 0.6) is 0 Å². The Morgan fingerprint density at radius 1 is 1.29 bits per heavy atom. The Balaban J connectivity index is 0.000000774. The minimum absolute atomic E-state index is 0.218. The van der Waals surface area contributed by atoms with Gasteiger partial charge in [-0.3, -0.25) is 4.57 Å². The van der Waals surface area contributed by atoms with Gasteiger partial charge in [-0.1, -0.05) is 6.66 Å². The highest BCUT2D eigenvalue weighted by Gasteiger charge is 2.43. The maximum Gasteiger partial charge on any atom is 0.167 e. The summed E-state index contributed by atoms with van der Waals surface area (Å²) in [5.41, 5.74) is 6.44. The average Bonchev–Trinajstić information content (AvgIpc) is 3.05. The van der Waals surface area contributed by atoms with Gasteiger partial charge in [0.2, 0.25) is 0 Å². The summed E-state index contributed by atoms with van der Waals surface area (Å²) < 4.78 is 6.85. The summed E-state index contributed by atoms with van der Waals surface area (Å²) in [6.45, 7) is 1.53. The Hall–Kier alpha value is -1.38. The number of nitrogens with two attached hydrogens (primary N) is 1. The zero-order valence-corrected chi connectivity index (χ0v) is 12.5. The Bertz CT molecular complexity index is 609. The highest BCUT2D eigenvalue weighted by Crippen LogP contribution is 2.31. The molecule has 0 saturated carbocycles.